The van der Waals surface area contributed by atoms with Gasteiger partial charge in [-0.15, -0.1) is 0 Å². The molecule has 0 saturated carbocycles. The largest absolute Gasteiger partial charge is 0.294 e. The van der Waals surface area contributed by atoms with E-state index >= 15 is 0 Å². The third-order valence-electron chi connectivity index (χ3n) is 3.35. The van der Waals surface area contributed by atoms with Crippen molar-refractivity contribution in [1.82, 2.24) is 24.8 Å². The van der Waals surface area contributed by atoms with E-state index < -0.39 is 5.91 Å². The second-order valence-electron chi connectivity index (χ2n) is 4.92. The van der Waals surface area contributed by atoms with Crippen LogP contribution in [0.15, 0.2) is 35.1 Å². The minimum absolute atomic E-state index is 0.133. The number of amides is 1. The number of hydrogen-bond acceptors (Lipinski definition) is 5. The number of nitrogens with zero attached hydrogens (tertiary/aromatic N) is 4. The molecule has 0 unspecified atom stereocenters. The molecule has 0 bridgehead atoms. The minimum atomic E-state index is -0.462. The standard InChI is InChI=1S/C14H13FN6O2/c1-20-14(23)11-6-10(8-2-4-9(15)5-3-8)18-21(11)12(19-20)7-13(22)17-16/h2-6H,7,16H2,1H3,(H,17,22). The number of hydrogen-bond donors (Lipinski definition) is 2. The summed E-state index contributed by atoms with van der Waals surface area (Å²) in [7, 11) is 1.48. The number of carbonyl (C=O) groups excluding carboxylic acids is 1. The average molecular weight is 316 g/mol. The smallest absolute Gasteiger partial charge is 0.292 e. The summed E-state index contributed by atoms with van der Waals surface area (Å²) < 4.78 is 15.5. The van der Waals surface area contributed by atoms with Crippen LogP contribution < -0.4 is 16.8 Å². The molecule has 0 aliphatic rings. The van der Waals surface area contributed by atoms with Crippen LogP contribution in [0, 0.1) is 5.82 Å². The second kappa shape index (κ2) is 5.61. The van der Waals surface area contributed by atoms with E-state index in [9.17, 15) is 14.0 Å². The SMILES string of the molecule is Cn1nc(CC(=O)NN)n2nc(-c3ccc(F)cc3)cc2c1=O. The van der Waals surface area contributed by atoms with Crippen LogP contribution in [0.4, 0.5) is 4.39 Å². The summed E-state index contributed by atoms with van der Waals surface area (Å²) >= 11 is 0. The predicted molar refractivity (Wildman–Crippen MR) is 79.7 cm³/mol. The number of benzene rings is 1. The zero-order chi connectivity index (χ0) is 16.6. The number of hydrazine groups is 1. The molecule has 3 aromatic rings. The van der Waals surface area contributed by atoms with Crippen molar-refractivity contribution in [2.75, 3.05) is 0 Å². The Morgan fingerprint density at radius 2 is 2.00 bits per heavy atom. The highest BCUT2D eigenvalue weighted by molar-refractivity contribution is 5.77. The lowest BCUT2D eigenvalue weighted by Crippen LogP contribution is -2.34. The second-order valence-corrected chi connectivity index (χ2v) is 4.92. The van der Waals surface area contributed by atoms with Crippen LogP contribution in [0.2, 0.25) is 0 Å². The lowest BCUT2D eigenvalue weighted by atomic mass is 10.1. The van der Waals surface area contributed by atoms with Crippen molar-refractivity contribution in [1.29, 1.82) is 0 Å². The molecule has 8 nitrogen and oxygen atoms in total. The Hall–Kier alpha value is -3.07. The number of aromatic nitrogens is 4. The first-order chi connectivity index (χ1) is 11.0. The van der Waals surface area contributed by atoms with Crippen molar-refractivity contribution in [2.24, 2.45) is 12.9 Å². The van der Waals surface area contributed by atoms with Crippen LogP contribution in [0.3, 0.4) is 0 Å². The number of nitrogens with two attached hydrogens (primary N) is 1. The Morgan fingerprint density at radius 1 is 1.30 bits per heavy atom. The molecule has 0 fully saturated rings. The minimum Gasteiger partial charge on any atom is -0.294 e. The van der Waals surface area contributed by atoms with Gasteiger partial charge in [-0.3, -0.25) is 15.0 Å². The molecule has 1 aromatic carbocycles. The van der Waals surface area contributed by atoms with Crippen LogP contribution in [0.1, 0.15) is 5.82 Å². The molecule has 1 amide bonds. The quantitative estimate of drug-likeness (QED) is 0.394. The first-order valence-corrected chi connectivity index (χ1v) is 6.71. The van der Waals surface area contributed by atoms with Gasteiger partial charge in [0.25, 0.3) is 5.56 Å². The first-order valence-electron chi connectivity index (χ1n) is 6.71. The Balaban J connectivity index is 2.19. The summed E-state index contributed by atoms with van der Waals surface area (Å²) in [6.45, 7) is 0. The van der Waals surface area contributed by atoms with Crippen molar-refractivity contribution < 1.29 is 9.18 Å². The van der Waals surface area contributed by atoms with E-state index in [4.69, 9.17) is 5.84 Å². The summed E-state index contributed by atoms with van der Waals surface area (Å²) in [6, 6.07) is 7.29. The van der Waals surface area contributed by atoms with Gasteiger partial charge in [0.05, 0.1) is 12.1 Å². The maximum atomic E-state index is 13.0. The Labute approximate surface area is 129 Å². The summed E-state index contributed by atoms with van der Waals surface area (Å²) in [5.41, 5.74) is 3.04. The van der Waals surface area contributed by atoms with Crippen LogP contribution in [-0.2, 0) is 18.3 Å². The van der Waals surface area contributed by atoms with Crippen LogP contribution in [-0.4, -0.2) is 25.3 Å². The highest BCUT2D eigenvalue weighted by atomic mass is 19.1. The van der Waals surface area contributed by atoms with Gasteiger partial charge in [-0.2, -0.15) is 10.2 Å². The third kappa shape index (κ3) is 2.69. The summed E-state index contributed by atoms with van der Waals surface area (Å²) in [5, 5.41) is 8.34. The zero-order valence-corrected chi connectivity index (χ0v) is 12.2. The normalized spacial score (nSPS) is 10.9. The highest BCUT2D eigenvalue weighted by Gasteiger charge is 2.15. The van der Waals surface area contributed by atoms with Crippen molar-refractivity contribution >= 4 is 11.4 Å². The van der Waals surface area contributed by atoms with E-state index in [0.717, 1.165) is 4.68 Å². The molecule has 3 N–H and O–H groups in total. The molecule has 0 radical (unpaired) electrons. The molecule has 0 saturated heterocycles. The van der Waals surface area contributed by atoms with Gasteiger partial charge in [-0.25, -0.2) is 19.4 Å². The van der Waals surface area contributed by atoms with Gasteiger partial charge in [-0.1, -0.05) is 0 Å². The van der Waals surface area contributed by atoms with Crippen LogP contribution in [0.25, 0.3) is 16.8 Å². The van der Waals surface area contributed by atoms with Crippen molar-refractivity contribution in [2.45, 2.75) is 6.42 Å². The maximum absolute atomic E-state index is 13.0. The summed E-state index contributed by atoms with van der Waals surface area (Å²) in [5.74, 6) is 4.52. The molecule has 23 heavy (non-hydrogen) atoms. The highest BCUT2D eigenvalue weighted by Crippen LogP contribution is 2.19. The molecular weight excluding hydrogens is 303 g/mol. The van der Waals surface area contributed by atoms with Gasteiger partial charge >= 0.3 is 0 Å². The van der Waals surface area contributed by atoms with Gasteiger partial charge < -0.3 is 0 Å². The Morgan fingerprint density at radius 3 is 2.65 bits per heavy atom. The molecule has 0 aliphatic carbocycles. The zero-order valence-electron chi connectivity index (χ0n) is 12.2. The fourth-order valence-electron chi connectivity index (χ4n) is 2.22. The number of rotatable bonds is 3. The molecule has 9 heteroatoms. The molecule has 0 aliphatic heterocycles. The van der Waals surface area contributed by atoms with Crippen molar-refractivity contribution in [3.05, 3.63) is 52.3 Å². The van der Waals surface area contributed by atoms with Gasteiger partial charge in [-0.05, 0) is 30.3 Å². The molecule has 2 heterocycles. The van der Waals surface area contributed by atoms with Gasteiger partial charge in [0, 0.05) is 12.6 Å². The summed E-state index contributed by atoms with van der Waals surface area (Å²) in [4.78, 5) is 23.7. The van der Waals surface area contributed by atoms with E-state index in [1.54, 1.807) is 18.2 Å². The van der Waals surface area contributed by atoms with Crippen molar-refractivity contribution in [3.8, 4) is 11.3 Å². The third-order valence-corrected chi connectivity index (χ3v) is 3.35. The molecular formula is C14H13FN6O2. The predicted octanol–water partition coefficient (Wildman–Crippen LogP) is -0.234. The number of aryl methyl sites for hydroxylation is 1. The molecule has 0 spiro atoms. The van der Waals surface area contributed by atoms with E-state index in [-0.39, 0.29) is 29.1 Å². The Kier molecular flexibility index (Phi) is 3.62. The van der Waals surface area contributed by atoms with E-state index in [2.05, 4.69) is 10.2 Å². The van der Waals surface area contributed by atoms with Crippen molar-refractivity contribution in [3.63, 3.8) is 0 Å². The van der Waals surface area contributed by atoms with Crippen LogP contribution >= 0.6 is 0 Å². The van der Waals surface area contributed by atoms with Crippen LogP contribution in [0.5, 0.6) is 0 Å². The monoisotopic (exact) mass is 316 g/mol. The molecule has 0 atom stereocenters. The van der Waals surface area contributed by atoms with Gasteiger partial charge in [0.2, 0.25) is 5.91 Å². The molecule has 118 valence electrons. The lowest BCUT2D eigenvalue weighted by molar-refractivity contribution is -0.120. The average Bonchev–Trinajstić information content (AvgIpc) is 2.98. The molecule has 3 rings (SSSR count). The molecule has 2 aromatic heterocycles. The number of carbonyl (C=O) groups is 1. The first kappa shape index (κ1) is 14.9. The fraction of sp³-hybridized carbons (Fsp3) is 0.143. The number of nitrogens with one attached hydrogen (secondary N) is 1. The fourth-order valence-corrected chi connectivity index (χ4v) is 2.22. The lowest BCUT2D eigenvalue weighted by Gasteiger charge is -2.05. The topological polar surface area (TPSA) is 107 Å². The van der Waals surface area contributed by atoms with E-state index in [0.29, 0.717) is 11.3 Å². The van der Waals surface area contributed by atoms with E-state index in [1.807, 2.05) is 5.43 Å². The van der Waals surface area contributed by atoms with E-state index in [1.165, 1.54) is 23.7 Å². The van der Waals surface area contributed by atoms with Gasteiger partial charge in [0.1, 0.15) is 11.3 Å². The Bertz CT molecular complexity index is 944. The number of halogens is 1. The van der Waals surface area contributed by atoms with Gasteiger partial charge in [0.15, 0.2) is 5.82 Å². The summed E-state index contributed by atoms with van der Waals surface area (Å²) in [6.07, 6.45) is -0.133. The maximum Gasteiger partial charge on any atom is 0.292 e. The number of fused-ring (bicyclic) bond motifs is 1.